The number of phenolic OH excluding ortho intramolecular Hbond substituents is 1. The fourth-order valence-electron chi connectivity index (χ4n) is 2.24. The molecule has 3 N–H and O–H groups in total. The van der Waals surface area contributed by atoms with Gasteiger partial charge in [0.05, 0.1) is 21.3 Å². The molecule has 0 unspecified atom stereocenters. The second-order valence-electron chi connectivity index (χ2n) is 5.12. The Morgan fingerprint density at radius 3 is 2.40 bits per heavy atom. The molecule has 7 heteroatoms. The molecule has 0 atom stereocenters. The lowest BCUT2D eigenvalue weighted by molar-refractivity contribution is 0.355. The van der Waals surface area contributed by atoms with Gasteiger partial charge in [0.2, 0.25) is 0 Å². The number of aliphatic imine (C=N–C) groups is 1. The number of methoxy groups -OCH3 is 3. The number of nitrogens with zero attached hydrogens (tertiary/aromatic N) is 1. The van der Waals surface area contributed by atoms with Crippen LogP contribution >= 0.6 is 0 Å². The highest BCUT2D eigenvalue weighted by molar-refractivity contribution is 5.93. The number of rotatable bonds is 6. The number of phenols is 1. The number of hydrogen-bond acceptors (Lipinski definition) is 5. The van der Waals surface area contributed by atoms with E-state index in [2.05, 4.69) is 15.6 Å². The maximum atomic E-state index is 9.95. The second-order valence-corrected chi connectivity index (χ2v) is 5.12. The molecule has 0 bridgehead atoms. The van der Waals surface area contributed by atoms with E-state index in [-0.39, 0.29) is 5.75 Å². The summed E-state index contributed by atoms with van der Waals surface area (Å²) in [7, 11) is 6.43. The van der Waals surface area contributed by atoms with Gasteiger partial charge in [-0.25, -0.2) is 0 Å². The maximum Gasteiger partial charge on any atom is 0.195 e. The highest BCUT2D eigenvalue weighted by Crippen LogP contribution is 2.29. The van der Waals surface area contributed by atoms with Crippen LogP contribution in [0.3, 0.4) is 0 Å². The largest absolute Gasteiger partial charge is 0.508 e. The molecule has 134 valence electrons. The quantitative estimate of drug-likeness (QED) is 0.551. The van der Waals surface area contributed by atoms with Crippen LogP contribution in [0.15, 0.2) is 41.4 Å². The normalized spacial score (nSPS) is 11.0. The van der Waals surface area contributed by atoms with E-state index >= 15 is 0 Å². The Bertz CT molecular complexity index is 747. The number of guanidine groups is 1. The van der Waals surface area contributed by atoms with Gasteiger partial charge < -0.3 is 30.0 Å². The van der Waals surface area contributed by atoms with E-state index < -0.39 is 0 Å². The van der Waals surface area contributed by atoms with Gasteiger partial charge in [-0.2, -0.15) is 0 Å². The summed E-state index contributed by atoms with van der Waals surface area (Å²) in [6, 6.07) is 10.6. The topological polar surface area (TPSA) is 84.3 Å². The van der Waals surface area contributed by atoms with Crippen LogP contribution < -0.4 is 24.8 Å². The minimum Gasteiger partial charge on any atom is -0.508 e. The van der Waals surface area contributed by atoms with Crippen LogP contribution in [0.5, 0.6) is 23.0 Å². The Labute approximate surface area is 147 Å². The van der Waals surface area contributed by atoms with Crippen molar-refractivity contribution in [3.05, 3.63) is 42.0 Å². The zero-order valence-corrected chi connectivity index (χ0v) is 14.8. The van der Waals surface area contributed by atoms with Crippen LogP contribution in [0, 0.1) is 0 Å². The summed E-state index contributed by atoms with van der Waals surface area (Å²) in [6.07, 6.45) is 0. The molecule has 0 aliphatic carbocycles. The molecule has 0 saturated carbocycles. The van der Waals surface area contributed by atoms with Crippen LogP contribution in [-0.2, 0) is 6.54 Å². The van der Waals surface area contributed by atoms with E-state index in [9.17, 15) is 5.11 Å². The van der Waals surface area contributed by atoms with Crippen molar-refractivity contribution in [2.24, 2.45) is 4.99 Å². The van der Waals surface area contributed by atoms with Gasteiger partial charge in [0.25, 0.3) is 0 Å². The fraction of sp³-hybridized carbons (Fsp3) is 0.278. The molecule has 0 aliphatic rings. The Hall–Kier alpha value is -3.09. The minimum absolute atomic E-state index is 0.190. The minimum atomic E-state index is 0.190. The molecule has 2 rings (SSSR count). The third kappa shape index (κ3) is 4.69. The number of ether oxygens (including phenoxy) is 3. The summed E-state index contributed by atoms with van der Waals surface area (Å²) < 4.78 is 15.7. The standard InChI is InChI=1S/C18H23N3O4/c1-19-18(20-11-12-9-14(23-2)6-7-15(12)22)21-13-5-8-16(24-3)17(10-13)25-4/h5-10,22H,11H2,1-4H3,(H2,19,20,21). The fourth-order valence-corrected chi connectivity index (χ4v) is 2.24. The molecule has 7 nitrogen and oxygen atoms in total. The first-order valence-corrected chi connectivity index (χ1v) is 7.66. The molecule has 0 fully saturated rings. The van der Waals surface area contributed by atoms with Gasteiger partial charge in [-0.05, 0) is 30.3 Å². The molecule has 0 amide bonds. The van der Waals surface area contributed by atoms with E-state index in [1.54, 1.807) is 46.6 Å². The first kappa shape index (κ1) is 18.3. The molecule has 0 aliphatic heterocycles. The van der Waals surface area contributed by atoms with Crippen molar-refractivity contribution < 1.29 is 19.3 Å². The number of aromatic hydroxyl groups is 1. The summed E-state index contributed by atoms with van der Waals surface area (Å²) in [5.74, 6) is 2.69. The van der Waals surface area contributed by atoms with Crippen LogP contribution in [0.25, 0.3) is 0 Å². The van der Waals surface area contributed by atoms with Crippen molar-refractivity contribution in [1.82, 2.24) is 5.32 Å². The third-order valence-corrected chi connectivity index (χ3v) is 3.60. The second kappa shape index (κ2) is 8.68. The maximum absolute atomic E-state index is 9.95. The van der Waals surface area contributed by atoms with Crippen molar-refractivity contribution in [3.63, 3.8) is 0 Å². The van der Waals surface area contributed by atoms with E-state index in [1.807, 2.05) is 18.2 Å². The molecule has 25 heavy (non-hydrogen) atoms. The molecule has 0 saturated heterocycles. The third-order valence-electron chi connectivity index (χ3n) is 3.60. The first-order valence-electron chi connectivity index (χ1n) is 7.66. The Kier molecular flexibility index (Phi) is 6.33. The Balaban J connectivity index is 2.06. The summed E-state index contributed by atoms with van der Waals surface area (Å²) in [5, 5.41) is 16.3. The highest BCUT2D eigenvalue weighted by Gasteiger charge is 2.08. The van der Waals surface area contributed by atoms with Gasteiger partial charge in [-0.3, -0.25) is 4.99 Å². The van der Waals surface area contributed by atoms with Crippen LogP contribution in [0.4, 0.5) is 5.69 Å². The smallest absolute Gasteiger partial charge is 0.195 e. The molecule has 2 aromatic rings. The summed E-state index contributed by atoms with van der Waals surface area (Å²) in [5.41, 5.74) is 1.50. The Morgan fingerprint density at radius 2 is 1.76 bits per heavy atom. The summed E-state index contributed by atoms with van der Waals surface area (Å²) >= 11 is 0. The SMILES string of the molecule is CN=C(NCc1cc(OC)ccc1O)Nc1ccc(OC)c(OC)c1. The lowest BCUT2D eigenvalue weighted by Gasteiger charge is -2.15. The summed E-state index contributed by atoms with van der Waals surface area (Å²) in [4.78, 5) is 4.18. The zero-order valence-electron chi connectivity index (χ0n) is 14.8. The van der Waals surface area contributed by atoms with Gasteiger partial charge in [0.15, 0.2) is 17.5 Å². The lowest BCUT2D eigenvalue weighted by Crippen LogP contribution is -2.30. The lowest BCUT2D eigenvalue weighted by atomic mass is 10.2. The van der Waals surface area contributed by atoms with Crippen LogP contribution in [0.2, 0.25) is 0 Å². The van der Waals surface area contributed by atoms with E-state index in [4.69, 9.17) is 14.2 Å². The van der Waals surface area contributed by atoms with Crippen molar-refractivity contribution in [2.45, 2.75) is 6.54 Å². The molecular weight excluding hydrogens is 322 g/mol. The van der Waals surface area contributed by atoms with E-state index in [0.717, 1.165) is 5.69 Å². The van der Waals surface area contributed by atoms with Crippen molar-refractivity contribution in [3.8, 4) is 23.0 Å². The highest BCUT2D eigenvalue weighted by atomic mass is 16.5. The van der Waals surface area contributed by atoms with E-state index in [1.165, 1.54) is 0 Å². The average Bonchev–Trinajstić information content (AvgIpc) is 2.65. The predicted molar refractivity (Wildman–Crippen MR) is 98.0 cm³/mol. The monoisotopic (exact) mass is 345 g/mol. The molecule has 2 aromatic carbocycles. The van der Waals surface area contributed by atoms with Crippen molar-refractivity contribution in [1.29, 1.82) is 0 Å². The molecule has 0 aromatic heterocycles. The van der Waals surface area contributed by atoms with E-state index in [0.29, 0.717) is 35.3 Å². The summed E-state index contributed by atoms with van der Waals surface area (Å²) in [6.45, 7) is 0.385. The molecule has 0 radical (unpaired) electrons. The van der Waals surface area contributed by atoms with Crippen LogP contribution in [0.1, 0.15) is 5.56 Å². The molecular formula is C18H23N3O4. The van der Waals surface area contributed by atoms with Crippen molar-refractivity contribution >= 4 is 11.6 Å². The predicted octanol–water partition coefficient (Wildman–Crippen LogP) is 2.61. The first-order chi connectivity index (χ1) is 12.1. The van der Waals surface area contributed by atoms with Gasteiger partial charge in [-0.1, -0.05) is 0 Å². The molecule has 0 heterocycles. The average molecular weight is 345 g/mol. The van der Waals surface area contributed by atoms with Crippen LogP contribution in [-0.4, -0.2) is 39.4 Å². The zero-order chi connectivity index (χ0) is 18.2. The number of nitrogens with one attached hydrogen (secondary N) is 2. The van der Waals surface area contributed by atoms with Gasteiger partial charge in [0.1, 0.15) is 11.5 Å². The Morgan fingerprint density at radius 1 is 1.00 bits per heavy atom. The number of hydrogen-bond donors (Lipinski definition) is 3. The van der Waals surface area contributed by atoms with Gasteiger partial charge >= 0.3 is 0 Å². The number of anilines is 1. The molecule has 0 spiro atoms. The number of benzene rings is 2. The van der Waals surface area contributed by atoms with Gasteiger partial charge in [0, 0.05) is 30.9 Å². The van der Waals surface area contributed by atoms with Gasteiger partial charge in [-0.15, -0.1) is 0 Å². The van der Waals surface area contributed by atoms with Crippen molar-refractivity contribution in [2.75, 3.05) is 33.7 Å².